The van der Waals surface area contributed by atoms with Gasteiger partial charge in [0.25, 0.3) is 0 Å². The van der Waals surface area contributed by atoms with E-state index in [1.165, 1.54) is 6.33 Å². The minimum atomic E-state index is -1.52. The van der Waals surface area contributed by atoms with Crippen LogP contribution in [-0.4, -0.2) is 27.3 Å². The summed E-state index contributed by atoms with van der Waals surface area (Å²) in [4.78, 5) is 8.23. The summed E-state index contributed by atoms with van der Waals surface area (Å²) in [6.07, 6.45) is 2.06. The number of benzene rings is 2. The maximum absolute atomic E-state index is 12.4. The van der Waals surface area contributed by atoms with Crippen LogP contribution in [-0.2, 0) is 22.5 Å². The number of hydrogen-bond donors (Lipinski definition) is 2. The Morgan fingerprint density at radius 3 is 2.59 bits per heavy atom. The van der Waals surface area contributed by atoms with Gasteiger partial charge in [0.2, 0.25) is 0 Å². The molecule has 3 aromatic rings. The molecule has 9 heteroatoms. The fraction of sp³-hybridized carbons (Fsp3) is 0.200. The van der Waals surface area contributed by atoms with E-state index < -0.39 is 11.2 Å². The molecule has 2 N–H and O–H groups in total. The zero-order valence-electron chi connectivity index (χ0n) is 15.5. The summed E-state index contributed by atoms with van der Waals surface area (Å²) in [7, 11) is 0. The normalized spacial score (nSPS) is 11.9. The minimum absolute atomic E-state index is 0.288. The predicted octanol–water partition coefficient (Wildman–Crippen LogP) is 4.75. The summed E-state index contributed by atoms with van der Waals surface area (Å²) in [5.74, 6) is 0.401. The van der Waals surface area contributed by atoms with Crippen LogP contribution < -0.4 is 9.44 Å². The Kier molecular flexibility index (Phi) is 8.57. The zero-order valence-corrected chi connectivity index (χ0v) is 18.6. The summed E-state index contributed by atoms with van der Waals surface area (Å²) in [6, 6.07) is 17.6. The van der Waals surface area contributed by atoms with E-state index in [0.717, 1.165) is 22.0 Å². The molecule has 29 heavy (non-hydrogen) atoms. The van der Waals surface area contributed by atoms with Crippen molar-refractivity contribution in [2.75, 3.05) is 17.9 Å². The van der Waals surface area contributed by atoms with Crippen LogP contribution in [0.4, 0.5) is 5.82 Å². The van der Waals surface area contributed by atoms with Gasteiger partial charge >= 0.3 is 0 Å². The van der Waals surface area contributed by atoms with Crippen molar-refractivity contribution in [3.63, 3.8) is 0 Å². The van der Waals surface area contributed by atoms with Crippen molar-refractivity contribution in [3.05, 3.63) is 76.1 Å². The highest BCUT2D eigenvalue weighted by molar-refractivity contribution is 9.10. The molecule has 0 amide bonds. The van der Waals surface area contributed by atoms with E-state index in [-0.39, 0.29) is 5.15 Å². The molecule has 0 aliphatic heterocycles. The number of nitrogens with one attached hydrogen (secondary N) is 2. The first-order valence-corrected chi connectivity index (χ1v) is 11.3. The molecule has 0 spiro atoms. The van der Waals surface area contributed by atoms with E-state index >= 15 is 0 Å². The van der Waals surface area contributed by atoms with E-state index in [1.54, 1.807) is 0 Å². The molecule has 1 atom stereocenters. The molecule has 3 rings (SSSR count). The van der Waals surface area contributed by atoms with E-state index in [4.69, 9.17) is 16.3 Å². The average molecular weight is 496 g/mol. The number of aromatic nitrogens is 2. The minimum Gasteiger partial charge on any atom is -0.377 e. The van der Waals surface area contributed by atoms with Crippen molar-refractivity contribution < 1.29 is 8.95 Å². The molecule has 6 nitrogen and oxygen atoms in total. The van der Waals surface area contributed by atoms with Gasteiger partial charge in [-0.3, -0.25) is 4.72 Å². The molecule has 0 bridgehead atoms. The number of anilines is 1. The lowest BCUT2D eigenvalue weighted by molar-refractivity contribution is 0.119. The third kappa shape index (κ3) is 6.87. The summed E-state index contributed by atoms with van der Waals surface area (Å²) in [5, 5.41) is 0.288. The van der Waals surface area contributed by atoms with E-state index in [1.807, 2.05) is 54.6 Å². The van der Waals surface area contributed by atoms with Gasteiger partial charge in [-0.1, -0.05) is 70.0 Å². The zero-order chi connectivity index (χ0) is 20.5. The van der Waals surface area contributed by atoms with Crippen LogP contribution in [0.1, 0.15) is 12.0 Å². The Hall–Kier alpha value is -1.84. The van der Waals surface area contributed by atoms with E-state index in [9.17, 15) is 4.21 Å². The van der Waals surface area contributed by atoms with Crippen molar-refractivity contribution >= 4 is 44.5 Å². The highest BCUT2D eigenvalue weighted by atomic mass is 79.9. The van der Waals surface area contributed by atoms with Gasteiger partial charge in [0.1, 0.15) is 11.5 Å². The van der Waals surface area contributed by atoms with Crippen molar-refractivity contribution in [1.29, 1.82) is 0 Å². The van der Waals surface area contributed by atoms with Crippen LogP contribution in [0.2, 0.25) is 5.15 Å². The standard InChI is InChI=1S/C20H20BrClN4O2S/c21-17-9-7-16(8-10-17)18-19(22)23-14-24-20(18)26-29(27)25-11-4-12-28-13-15-5-2-1-3-6-15/h1-3,5-10,14,25H,4,11-13H2,(H,23,24,26). The molecular formula is C20H20BrClN4O2S. The van der Waals surface area contributed by atoms with Gasteiger partial charge in [0.15, 0.2) is 17.0 Å². The van der Waals surface area contributed by atoms with Gasteiger partial charge in [0.05, 0.1) is 12.2 Å². The van der Waals surface area contributed by atoms with Gasteiger partial charge < -0.3 is 4.74 Å². The lowest BCUT2D eigenvalue weighted by Gasteiger charge is -2.12. The van der Waals surface area contributed by atoms with Crippen molar-refractivity contribution in [2.45, 2.75) is 13.0 Å². The first-order chi connectivity index (χ1) is 14.1. The summed E-state index contributed by atoms with van der Waals surface area (Å²) >= 11 is 8.14. The van der Waals surface area contributed by atoms with Crippen molar-refractivity contribution in [3.8, 4) is 11.1 Å². The number of halogens is 2. The van der Waals surface area contributed by atoms with Gasteiger partial charge in [-0.05, 0) is 29.7 Å². The second-order valence-electron chi connectivity index (χ2n) is 6.05. The smallest absolute Gasteiger partial charge is 0.194 e. The maximum Gasteiger partial charge on any atom is 0.194 e. The van der Waals surface area contributed by atoms with Gasteiger partial charge in [-0.25, -0.2) is 18.9 Å². The predicted molar refractivity (Wildman–Crippen MR) is 121 cm³/mol. The second kappa shape index (κ2) is 11.4. The Morgan fingerprint density at radius 2 is 1.83 bits per heavy atom. The Morgan fingerprint density at radius 1 is 1.07 bits per heavy atom. The SMILES string of the molecule is O=S(NCCCOCc1ccccc1)Nc1ncnc(Cl)c1-c1ccc(Br)cc1. The molecule has 0 aliphatic carbocycles. The quantitative estimate of drug-likeness (QED) is 0.314. The molecule has 0 fully saturated rings. The summed E-state index contributed by atoms with van der Waals surface area (Å²) in [6.45, 7) is 1.67. The lowest BCUT2D eigenvalue weighted by atomic mass is 10.1. The second-order valence-corrected chi connectivity index (χ2v) is 8.36. The molecule has 0 saturated heterocycles. The molecule has 2 aromatic carbocycles. The monoisotopic (exact) mass is 494 g/mol. The van der Waals surface area contributed by atoms with Crippen LogP contribution in [0.5, 0.6) is 0 Å². The van der Waals surface area contributed by atoms with Crippen LogP contribution in [0.25, 0.3) is 11.1 Å². The third-order valence-corrected chi connectivity index (χ3v) is 5.59. The van der Waals surface area contributed by atoms with E-state index in [0.29, 0.717) is 31.1 Å². The first-order valence-electron chi connectivity index (χ1n) is 8.93. The molecule has 1 heterocycles. The Balaban J connectivity index is 1.48. The molecule has 152 valence electrons. The van der Waals surface area contributed by atoms with Crippen LogP contribution in [0.15, 0.2) is 65.4 Å². The maximum atomic E-state index is 12.4. The van der Waals surface area contributed by atoms with Crippen LogP contribution >= 0.6 is 27.5 Å². The molecule has 0 radical (unpaired) electrons. The van der Waals surface area contributed by atoms with Crippen LogP contribution in [0.3, 0.4) is 0 Å². The molecular weight excluding hydrogens is 476 g/mol. The fourth-order valence-corrected chi connectivity index (χ4v) is 3.78. The molecule has 0 saturated carbocycles. The largest absolute Gasteiger partial charge is 0.377 e. The Bertz CT molecular complexity index is 945. The highest BCUT2D eigenvalue weighted by Gasteiger charge is 2.14. The fourth-order valence-electron chi connectivity index (χ4n) is 2.54. The number of ether oxygens (including phenoxy) is 1. The van der Waals surface area contributed by atoms with Crippen molar-refractivity contribution in [2.24, 2.45) is 0 Å². The number of rotatable bonds is 10. The highest BCUT2D eigenvalue weighted by Crippen LogP contribution is 2.32. The van der Waals surface area contributed by atoms with E-state index in [2.05, 4.69) is 35.3 Å². The average Bonchev–Trinajstić information content (AvgIpc) is 2.72. The number of hydrogen-bond acceptors (Lipinski definition) is 4. The first kappa shape index (κ1) is 21.9. The van der Waals surface area contributed by atoms with Crippen molar-refractivity contribution in [1.82, 2.24) is 14.7 Å². The molecule has 1 unspecified atom stereocenters. The van der Waals surface area contributed by atoms with Crippen LogP contribution in [0, 0.1) is 0 Å². The molecule has 0 aliphatic rings. The Labute approximate surface area is 185 Å². The third-order valence-electron chi connectivity index (χ3n) is 3.93. The van der Waals surface area contributed by atoms with Gasteiger partial charge in [0, 0.05) is 17.6 Å². The lowest BCUT2D eigenvalue weighted by Crippen LogP contribution is -2.26. The topological polar surface area (TPSA) is 76.1 Å². The molecule has 1 aromatic heterocycles. The van der Waals surface area contributed by atoms with Gasteiger partial charge in [-0.2, -0.15) is 0 Å². The summed E-state index contributed by atoms with van der Waals surface area (Å²) < 4.78 is 24.7. The van der Waals surface area contributed by atoms with Gasteiger partial charge in [-0.15, -0.1) is 0 Å². The summed E-state index contributed by atoms with van der Waals surface area (Å²) in [5.41, 5.74) is 2.56. The number of nitrogens with zero attached hydrogens (tertiary/aromatic N) is 2.